The van der Waals surface area contributed by atoms with Gasteiger partial charge < -0.3 is 10.6 Å². The first kappa shape index (κ1) is 17.5. The predicted octanol–water partition coefficient (Wildman–Crippen LogP) is 5.07. The molecular weight excluding hydrogens is 343 g/mol. The zero-order valence-electron chi connectivity index (χ0n) is 12.2. The van der Waals surface area contributed by atoms with Gasteiger partial charge in [-0.3, -0.25) is 4.79 Å². The number of benzene rings is 1. The summed E-state index contributed by atoms with van der Waals surface area (Å²) in [6.45, 7) is 0.818. The molecule has 22 heavy (non-hydrogen) atoms. The molecular formula is C16H19Cl3N2O. The summed E-state index contributed by atoms with van der Waals surface area (Å²) >= 11 is 17.8. The van der Waals surface area contributed by atoms with Gasteiger partial charge in [0.25, 0.3) is 0 Å². The van der Waals surface area contributed by atoms with Crippen molar-refractivity contribution in [1.29, 1.82) is 0 Å². The molecule has 0 unspecified atom stereocenters. The fraction of sp³-hybridized carbons (Fsp3) is 0.438. The third kappa shape index (κ3) is 5.38. The van der Waals surface area contributed by atoms with Gasteiger partial charge in [0.2, 0.25) is 5.91 Å². The molecule has 0 aliphatic heterocycles. The number of carbonyl (C=O) groups excluding carboxylic acids is 1. The van der Waals surface area contributed by atoms with Crippen LogP contribution >= 0.6 is 34.8 Å². The molecule has 0 saturated carbocycles. The van der Waals surface area contributed by atoms with Gasteiger partial charge in [-0.1, -0.05) is 46.5 Å². The summed E-state index contributed by atoms with van der Waals surface area (Å²) in [7, 11) is 0. The van der Waals surface area contributed by atoms with Gasteiger partial charge in [-0.25, -0.2) is 0 Å². The van der Waals surface area contributed by atoms with E-state index in [4.69, 9.17) is 34.8 Å². The van der Waals surface area contributed by atoms with Crippen molar-refractivity contribution >= 4 is 46.4 Å². The average Bonchev–Trinajstić information content (AvgIpc) is 2.50. The Morgan fingerprint density at radius 3 is 2.59 bits per heavy atom. The van der Waals surface area contributed by atoms with Crippen molar-refractivity contribution in [3.63, 3.8) is 0 Å². The van der Waals surface area contributed by atoms with E-state index in [9.17, 15) is 4.79 Å². The fourth-order valence-electron chi connectivity index (χ4n) is 2.39. The highest BCUT2D eigenvalue weighted by atomic mass is 35.5. The van der Waals surface area contributed by atoms with Crippen molar-refractivity contribution in [3.05, 3.63) is 38.8 Å². The van der Waals surface area contributed by atoms with E-state index in [-0.39, 0.29) is 12.5 Å². The smallest absolute Gasteiger partial charge is 0.239 e. The topological polar surface area (TPSA) is 41.1 Å². The number of nitrogens with one attached hydrogen (secondary N) is 2. The Hall–Kier alpha value is -0.900. The second kappa shape index (κ2) is 8.66. The lowest BCUT2D eigenvalue weighted by atomic mass is 9.97. The Morgan fingerprint density at radius 2 is 1.86 bits per heavy atom. The molecule has 1 aliphatic carbocycles. The molecule has 0 atom stereocenters. The molecule has 0 radical (unpaired) electrons. The Labute approximate surface area is 146 Å². The van der Waals surface area contributed by atoms with Crippen LogP contribution in [0.25, 0.3) is 0 Å². The first-order valence-electron chi connectivity index (χ1n) is 7.39. The van der Waals surface area contributed by atoms with Gasteiger partial charge in [0.15, 0.2) is 0 Å². The SMILES string of the molecule is O=C(CNc1cc(Cl)c(Cl)cc1Cl)NCCC1=CCCCC1. The molecule has 2 rings (SSSR count). The first-order valence-corrected chi connectivity index (χ1v) is 8.52. The zero-order valence-corrected chi connectivity index (χ0v) is 14.5. The predicted molar refractivity (Wildman–Crippen MR) is 94.1 cm³/mol. The van der Waals surface area contributed by atoms with Crippen LogP contribution in [0.4, 0.5) is 5.69 Å². The lowest BCUT2D eigenvalue weighted by Gasteiger charge is -2.13. The maximum atomic E-state index is 11.8. The minimum Gasteiger partial charge on any atom is -0.375 e. The van der Waals surface area contributed by atoms with Gasteiger partial charge in [-0.15, -0.1) is 0 Å². The molecule has 1 aliphatic rings. The minimum absolute atomic E-state index is 0.0708. The number of halogens is 3. The van der Waals surface area contributed by atoms with Crippen molar-refractivity contribution < 1.29 is 4.79 Å². The Kier molecular flexibility index (Phi) is 6.87. The van der Waals surface area contributed by atoms with Gasteiger partial charge in [-0.2, -0.15) is 0 Å². The molecule has 1 aromatic carbocycles. The molecule has 0 saturated heterocycles. The van der Waals surface area contributed by atoms with Crippen molar-refractivity contribution in [2.45, 2.75) is 32.1 Å². The van der Waals surface area contributed by atoms with E-state index in [1.807, 2.05) is 0 Å². The van der Waals surface area contributed by atoms with E-state index < -0.39 is 0 Å². The molecule has 1 amide bonds. The number of hydrogen-bond acceptors (Lipinski definition) is 2. The molecule has 0 aromatic heterocycles. The van der Waals surface area contributed by atoms with Gasteiger partial charge in [-0.05, 0) is 44.2 Å². The maximum Gasteiger partial charge on any atom is 0.239 e. The summed E-state index contributed by atoms with van der Waals surface area (Å²) in [5.41, 5.74) is 2.05. The van der Waals surface area contributed by atoms with Crippen LogP contribution in [0.1, 0.15) is 32.1 Å². The monoisotopic (exact) mass is 360 g/mol. The van der Waals surface area contributed by atoms with E-state index >= 15 is 0 Å². The second-order valence-corrected chi connectivity index (χ2v) is 6.53. The fourth-order valence-corrected chi connectivity index (χ4v) is 3.00. The van der Waals surface area contributed by atoms with Crippen LogP contribution in [-0.2, 0) is 4.79 Å². The van der Waals surface area contributed by atoms with Crippen molar-refractivity contribution in [3.8, 4) is 0 Å². The first-order chi connectivity index (χ1) is 10.6. The van der Waals surface area contributed by atoms with Crippen molar-refractivity contribution in [1.82, 2.24) is 5.32 Å². The standard InChI is InChI=1S/C16H19Cl3N2O/c17-12-8-14(19)15(9-13(12)18)21-10-16(22)20-7-6-11-4-2-1-3-5-11/h4,8-9,21H,1-3,5-7,10H2,(H,20,22). The molecule has 0 bridgehead atoms. The second-order valence-electron chi connectivity index (χ2n) is 5.31. The lowest BCUT2D eigenvalue weighted by molar-refractivity contribution is -0.119. The summed E-state index contributed by atoms with van der Waals surface area (Å²) in [4.78, 5) is 11.8. The number of amides is 1. The molecule has 0 spiro atoms. The summed E-state index contributed by atoms with van der Waals surface area (Å²) in [6, 6.07) is 3.17. The van der Waals surface area contributed by atoms with Gasteiger partial charge in [0, 0.05) is 6.54 Å². The molecule has 120 valence electrons. The average molecular weight is 362 g/mol. The minimum atomic E-state index is -0.0708. The molecule has 6 heteroatoms. The van der Waals surface area contributed by atoms with E-state index in [0.717, 1.165) is 12.8 Å². The normalized spacial score (nSPS) is 14.4. The molecule has 3 nitrogen and oxygen atoms in total. The van der Waals surface area contributed by atoms with Crippen molar-refractivity contribution in [2.75, 3.05) is 18.4 Å². The summed E-state index contributed by atoms with van der Waals surface area (Å²) in [5, 5.41) is 7.10. The van der Waals surface area contributed by atoms with Gasteiger partial charge in [0.05, 0.1) is 27.3 Å². The Balaban J connectivity index is 1.73. The number of hydrogen-bond donors (Lipinski definition) is 2. The highest BCUT2D eigenvalue weighted by Crippen LogP contribution is 2.32. The highest BCUT2D eigenvalue weighted by molar-refractivity contribution is 6.44. The number of carbonyl (C=O) groups is 1. The van der Waals surface area contributed by atoms with Crippen LogP contribution in [0.5, 0.6) is 0 Å². The lowest BCUT2D eigenvalue weighted by Crippen LogP contribution is -2.30. The highest BCUT2D eigenvalue weighted by Gasteiger charge is 2.08. The third-order valence-corrected chi connectivity index (χ3v) is 4.64. The third-order valence-electron chi connectivity index (χ3n) is 3.60. The maximum absolute atomic E-state index is 11.8. The zero-order chi connectivity index (χ0) is 15.9. The molecule has 0 heterocycles. The molecule has 1 aromatic rings. The number of anilines is 1. The van der Waals surface area contributed by atoms with Crippen LogP contribution in [-0.4, -0.2) is 19.0 Å². The van der Waals surface area contributed by atoms with Gasteiger partial charge >= 0.3 is 0 Å². The van der Waals surface area contributed by atoms with Crippen LogP contribution in [0.2, 0.25) is 15.1 Å². The van der Waals surface area contributed by atoms with Crippen molar-refractivity contribution in [2.24, 2.45) is 0 Å². The van der Waals surface area contributed by atoms with Crippen LogP contribution in [0, 0.1) is 0 Å². The van der Waals surface area contributed by atoms with Crippen LogP contribution in [0.15, 0.2) is 23.8 Å². The summed E-state index contributed by atoms with van der Waals surface area (Å²) in [5.74, 6) is -0.0708. The summed E-state index contributed by atoms with van der Waals surface area (Å²) < 4.78 is 0. The van der Waals surface area contributed by atoms with E-state index in [1.54, 1.807) is 12.1 Å². The largest absolute Gasteiger partial charge is 0.375 e. The summed E-state index contributed by atoms with van der Waals surface area (Å²) in [6.07, 6.45) is 8.09. The molecule has 0 fully saturated rings. The van der Waals surface area contributed by atoms with Crippen LogP contribution < -0.4 is 10.6 Å². The van der Waals surface area contributed by atoms with Crippen LogP contribution in [0.3, 0.4) is 0 Å². The Morgan fingerprint density at radius 1 is 1.09 bits per heavy atom. The number of rotatable bonds is 6. The van der Waals surface area contributed by atoms with E-state index in [0.29, 0.717) is 27.3 Å². The molecule has 2 N–H and O–H groups in total. The quantitative estimate of drug-likeness (QED) is 0.549. The van der Waals surface area contributed by atoms with Gasteiger partial charge in [0.1, 0.15) is 0 Å². The van der Waals surface area contributed by atoms with E-state index in [2.05, 4.69) is 16.7 Å². The number of allylic oxidation sites excluding steroid dienone is 1. The Bertz CT molecular complexity index is 573. The van der Waals surface area contributed by atoms with E-state index in [1.165, 1.54) is 24.8 Å².